The topological polar surface area (TPSA) is 82.0 Å². The Morgan fingerprint density at radius 3 is 2.68 bits per heavy atom. The van der Waals surface area contributed by atoms with Crippen molar-refractivity contribution in [3.8, 4) is 11.5 Å². The van der Waals surface area contributed by atoms with E-state index in [4.69, 9.17) is 4.74 Å². The summed E-state index contributed by atoms with van der Waals surface area (Å²) in [6.07, 6.45) is 8.35. The average molecular weight is 463 g/mol. The lowest BCUT2D eigenvalue weighted by Crippen LogP contribution is -2.67. The lowest BCUT2D eigenvalue weighted by atomic mass is 9.55. The largest absolute Gasteiger partial charge is 0.508 e. The van der Waals surface area contributed by atoms with Crippen LogP contribution in [0.1, 0.15) is 36.8 Å². The molecule has 0 spiro atoms. The third-order valence-corrected chi connectivity index (χ3v) is 7.52. The first-order chi connectivity index (χ1) is 16.4. The molecule has 6 nitrogen and oxygen atoms in total. The van der Waals surface area contributed by atoms with Crippen LogP contribution in [0, 0.1) is 0 Å². The van der Waals surface area contributed by atoms with E-state index in [0.717, 1.165) is 56.4 Å². The number of nitrogens with zero attached hydrogens (tertiary/aromatic N) is 1. The molecular weight excluding hydrogens is 428 g/mol. The summed E-state index contributed by atoms with van der Waals surface area (Å²) in [5.74, 6) is 0.251. The molecule has 0 aromatic heterocycles. The van der Waals surface area contributed by atoms with Crippen LogP contribution in [0.5, 0.6) is 11.5 Å². The lowest BCUT2D eigenvalue weighted by Gasteiger charge is -2.59. The molecule has 1 amide bonds. The van der Waals surface area contributed by atoms with E-state index in [-0.39, 0.29) is 28.9 Å². The summed E-state index contributed by atoms with van der Waals surface area (Å²) in [6, 6.07) is 14.3. The molecule has 3 atom stereocenters. The van der Waals surface area contributed by atoms with Gasteiger partial charge in [-0.3, -0.25) is 9.69 Å². The highest BCUT2D eigenvalue weighted by Crippen LogP contribution is 2.53. The minimum absolute atomic E-state index is 0.0158. The molecule has 2 fully saturated rings. The number of fused-ring (bicyclic) bond motifs is 1. The number of carbonyl (C=O) groups is 1. The molecule has 3 unspecified atom stereocenters. The summed E-state index contributed by atoms with van der Waals surface area (Å²) < 4.78 is 6.32. The van der Waals surface area contributed by atoms with Gasteiger partial charge in [-0.1, -0.05) is 30.3 Å². The fourth-order valence-corrected chi connectivity index (χ4v) is 5.91. The van der Waals surface area contributed by atoms with Gasteiger partial charge >= 0.3 is 0 Å². The summed E-state index contributed by atoms with van der Waals surface area (Å²) in [6.45, 7) is 6.38. The molecule has 1 aliphatic carbocycles. The standard InChI is InChI=1S/C28H34N2O4/c1-3-15-30-16-14-27(22-7-5-9-25(32)18-22)19-23(12-13-28(27,20-30)34-2)29-26(33)11-10-21-6-4-8-24(31)17-21/h3-11,17-18,23,31-32H,1,12-16,19-20H2,2H3,(H,29,33)/b11-10+. The molecule has 2 aliphatic rings. The van der Waals surface area contributed by atoms with Crippen LogP contribution in [0.15, 0.2) is 67.3 Å². The maximum atomic E-state index is 12.8. The summed E-state index contributed by atoms with van der Waals surface area (Å²) in [7, 11) is 1.78. The number of carbonyl (C=O) groups excluding carboxylic acids is 1. The van der Waals surface area contributed by atoms with Crippen molar-refractivity contribution in [2.24, 2.45) is 0 Å². The molecule has 2 aromatic rings. The van der Waals surface area contributed by atoms with Crippen LogP contribution in [0.2, 0.25) is 0 Å². The first-order valence-corrected chi connectivity index (χ1v) is 11.9. The summed E-state index contributed by atoms with van der Waals surface area (Å²) in [4.78, 5) is 15.1. The van der Waals surface area contributed by atoms with Crippen molar-refractivity contribution in [3.63, 3.8) is 0 Å². The zero-order valence-corrected chi connectivity index (χ0v) is 19.7. The maximum Gasteiger partial charge on any atom is 0.244 e. The van der Waals surface area contributed by atoms with Crippen molar-refractivity contribution >= 4 is 12.0 Å². The molecule has 2 aromatic carbocycles. The molecule has 4 rings (SSSR count). The van der Waals surface area contributed by atoms with E-state index in [1.165, 1.54) is 6.08 Å². The number of aromatic hydroxyl groups is 2. The van der Waals surface area contributed by atoms with Crippen LogP contribution in [0.3, 0.4) is 0 Å². The minimum Gasteiger partial charge on any atom is -0.508 e. The molecular formula is C28H34N2O4. The Labute approximate surface area is 201 Å². The van der Waals surface area contributed by atoms with Gasteiger partial charge in [-0.2, -0.15) is 0 Å². The predicted octanol–water partition coefficient (Wildman–Crippen LogP) is 3.99. The zero-order valence-electron chi connectivity index (χ0n) is 19.7. The average Bonchev–Trinajstić information content (AvgIpc) is 2.83. The first-order valence-electron chi connectivity index (χ1n) is 11.9. The fraction of sp³-hybridized carbons (Fsp3) is 0.393. The number of amides is 1. The maximum absolute atomic E-state index is 12.8. The second kappa shape index (κ2) is 10.0. The predicted molar refractivity (Wildman–Crippen MR) is 134 cm³/mol. The molecule has 34 heavy (non-hydrogen) atoms. The highest BCUT2D eigenvalue weighted by Gasteiger charge is 2.58. The number of phenols is 2. The van der Waals surface area contributed by atoms with Gasteiger partial charge in [0.25, 0.3) is 0 Å². The number of nitrogens with one attached hydrogen (secondary N) is 1. The van der Waals surface area contributed by atoms with Gasteiger partial charge in [0, 0.05) is 37.7 Å². The molecule has 6 heteroatoms. The van der Waals surface area contributed by atoms with Crippen molar-refractivity contribution in [1.29, 1.82) is 0 Å². The number of piperidine rings is 1. The van der Waals surface area contributed by atoms with E-state index in [0.29, 0.717) is 0 Å². The number of benzene rings is 2. The van der Waals surface area contributed by atoms with Crippen molar-refractivity contribution < 1.29 is 19.7 Å². The van der Waals surface area contributed by atoms with Crippen molar-refractivity contribution in [1.82, 2.24) is 10.2 Å². The summed E-state index contributed by atoms with van der Waals surface area (Å²) in [5.41, 5.74) is 1.08. The monoisotopic (exact) mass is 462 g/mol. The molecule has 0 bridgehead atoms. The van der Waals surface area contributed by atoms with Crippen LogP contribution in [0.25, 0.3) is 6.08 Å². The van der Waals surface area contributed by atoms with Crippen LogP contribution < -0.4 is 5.32 Å². The Morgan fingerprint density at radius 1 is 1.21 bits per heavy atom. The van der Waals surface area contributed by atoms with Crippen LogP contribution >= 0.6 is 0 Å². The van der Waals surface area contributed by atoms with Gasteiger partial charge in [-0.25, -0.2) is 0 Å². The van der Waals surface area contributed by atoms with Crippen LogP contribution in [-0.4, -0.2) is 59.4 Å². The molecule has 3 N–H and O–H groups in total. The molecule has 0 radical (unpaired) electrons. The third-order valence-electron chi connectivity index (χ3n) is 7.52. The Bertz CT molecular complexity index is 1070. The van der Waals surface area contributed by atoms with E-state index < -0.39 is 5.60 Å². The van der Waals surface area contributed by atoms with E-state index in [1.54, 1.807) is 37.5 Å². The zero-order chi connectivity index (χ0) is 24.2. The van der Waals surface area contributed by atoms with Gasteiger partial charge < -0.3 is 20.3 Å². The highest BCUT2D eigenvalue weighted by molar-refractivity contribution is 5.92. The number of likely N-dealkylation sites (tertiary alicyclic amines) is 1. The molecule has 180 valence electrons. The Hall–Kier alpha value is -3.09. The van der Waals surface area contributed by atoms with Gasteiger partial charge in [0.15, 0.2) is 0 Å². The third kappa shape index (κ3) is 4.74. The Kier molecular flexibility index (Phi) is 7.10. The van der Waals surface area contributed by atoms with E-state index >= 15 is 0 Å². The quantitative estimate of drug-likeness (QED) is 0.428. The van der Waals surface area contributed by atoms with Crippen LogP contribution in [-0.2, 0) is 14.9 Å². The first kappa shape index (κ1) is 24.0. The number of hydrogen-bond acceptors (Lipinski definition) is 5. The molecule has 1 saturated carbocycles. The SMILES string of the molecule is C=CCN1CCC2(c3cccc(O)c3)CC(NC(=O)/C=C/c3cccc(O)c3)CCC2(OC)C1. The van der Waals surface area contributed by atoms with Crippen molar-refractivity contribution in [2.45, 2.75) is 42.7 Å². The van der Waals surface area contributed by atoms with Crippen molar-refractivity contribution in [3.05, 3.63) is 78.4 Å². The number of hydrogen-bond donors (Lipinski definition) is 3. The normalized spacial score (nSPS) is 27.3. The second-order valence-corrected chi connectivity index (χ2v) is 9.48. The van der Waals surface area contributed by atoms with Gasteiger partial charge in [0.2, 0.25) is 5.91 Å². The van der Waals surface area contributed by atoms with Gasteiger partial charge in [0.1, 0.15) is 11.5 Å². The smallest absolute Gasteiger partial charge is 0.244 e. The highest BCUT2D eigenvalue weighted by atomic mass is 16.5. The number of phenolic OH excluding ortho intramolecular Hbond substituents is 2. The van der Waals surface area contributed by atoms with E-state index in [1.807, 2.05) is 24.3 Å². The Morgan fingerprint density at radius 2 is 1.97 bits per heavy atom. The van der Waals surface area contributed by atoms with E-state index in [2.05, 4.69) is 22.9 Å². The fourth-order valence-electron chi connectivity index (χ4n) is 5.91. The molecule has 1 heterocycles. The van der Waals surface area contributed by atoms with E-state index in [9.17, 15) is 15.0 Å². The van der Waals surface area contributed by atoms with Gasteiger partial charge in [-0.05, 0) is 73.7 Å². The van der Waals surface area contributed by atoms with Crippen LogP contribution in [0.4, 0.5) is 0 Å². The second-order valence-electron chi connectivity index (χ2n) is 9.48. The summed E-state index contributed by atoms with van der Waals surface area (Å²) >= 11 is 0. The van der Waals surface area contributed by atoms with Crippen molar-refractivity contribution in [2.75, 3.05) is 26.7 Å². The summed E-state index contributed by atoms with van der Waals surface area (Å²) in [5, 5.41) is 23.1. The minimum atomic E-state index is -0.416. The lowest BCUT2D eigenvalue weighted by molar-refractivity contribution is -0.148. The Balaban J connectivity index is 1.58. The van der Waals surface area contributed by atoms with Gasteiger partial charge in [0.05, 0.1) is 5.60 Å². The number of ether oxygens (including phenoxy) is 1. The molecule has 1 saturated heterocycles. The van der Waals surface area contributed by atoms with Gasteiger partial charge in [-0.15, -0.1) is 6.58 Å². The number of methoxy groups -OCH3 is 1. The number of rotatable bonds is 7. The molecule has 1 aliphatic heterocycles.